The van der Waals surface area contributed by atoms with Crippen molar-refractivity contribution in [1.82, 2.24) is 20.1 Å². The maximum absolute atomic E-state index is 5.43. The highest BCUT2D eigenvalue weighted by atomic mass is 16.5. The zero-order valence-corrected chi connectivity index (χ0v) is 9.84. The molecule has 0 saturated heterocycles. The number of para-hydroxylation sites is 1. The van der Waals surface area contributed by atoms with Gasteiger partial charge in [-0.15, -0.1) is 5.10 Å². The quantitative estimate of drug-likeness (QED) is 0.762. The molecule has 0 aliphatic carbocycles. The van der Waals surface area contributed by atoms with Gasteiger partial charge in [0.15, 0.2) is 0 Å². The average Bonchev–Trinajstić information content (AvgIpc) is 2.85. The summed E-state index contributed by atoms with van der Waals surface area (Å²) in [6.07, 6.45) is 2.60. The Morgan fingerprint density at radius 2 is 2.12 bits per heavy atom. The van der Waals surface area contributed by atoms with Gasteiger partial charge in [0.1, 0.15) is 6.33 Å². The number of hydrogen-bond donors (Lipinski definition) is 1. The van der Waals surface area contributed by atoms with Crippen molar-refractivity contribution in [3.05, 3.63) is 36.7 Å². The fourth-order valence-corrected chi connectivity index (χ4v) is 1.43. The van der Waals surface area contributed by atoms with Crippen LogP contribution >= 0.6 is 0 Å². The van der Waals surface area contributed by atoms with E-state index in [2.05, 4.69) is 15.4 Å². The minimum Gasteiger partial charge on any atom is -0.462 e. The number of nitrogens with one attached hydrogen (secondary N) is 1. The summed E-state index contributed by atoms with van der Waals surface area (Å²) in [6, 6.07) is 10.3. The molecule has 1 aromatic heterocycles. The number of aromatic nitrogens is 3. The Morgan fingerprint density at radius 3 is 2.88 bits per heavy atom. The minimum atomic E-state index is 0.421. The first-order valence-corrected chi connectivity index (χ1v) is 5.64. The number of nitrogens with zero attached hydrogens (tertiary/aromatic N) is 3. The molecule has 90 valence electrons. The van der Waals surface area contributed by atoms with Gasteiger partial charge in [0.05, 0.1) is 12.3 Å². The molecule has 0 fully saturated rings. The number of hydrogen-bond acceptors (Lipinski definition) is 4. The van der Waals surface area contributed by atoms with Crippen molar-refractivity contribution in [3.8, 4) is 11.7 Å². The number of benzene rings is 1. The molecule has 5 nitrogen and oxygen atoms in total. The predicted octanol–water partition coefficient (Wildman–Crippen LogP) is 1.26. The first-order chi connectivity index (χ1) is 8.40. The smallest absolute Gasteiger partial charge is 0.335 e. The molecule has 2 rings (SSSR count). The first-order valence-electron chi connectivity index (χ1n) is 5.64. The van der Waals surface area contributed by atoms with E-state index in [9.17, 15) is 0 Å². The maximum Gasteiger partial charge on any atom is 0.335 e. The Balaban J connectivity index is 1.92. The van der Waals surface area contributed by atoms with Crippen LogP contribution in [-0.4, -0.2) is 35.0 Å². The van der Waals surface area contributed by atoms with Crippen LogP contribution in [0.1, 0.15) is 6.42 Å². The summed E-state index contributed by atoms with van der Waals surface area (Å²) in [6.45, 7) is 1.55. The van der Waals surface area contributed by atoms with E-state index in [1.165, 1.54) is 0 Å². The van der Waals surface area contributed by atoms with Crippen LogP contribution < -0.4 is 10.1 Å². The Morgan fingerprint density at radius 1 is 1.29 bits per heavy atom. The zero-order valence-electron chi connectivity index (χ0n) is 9.84. The summed E-state index contributed by atoms with van der Waals surface area (Å²) >= 11 is 0. The molecule has 5 heteroatoms. The van der Waals surface area contributed by atoms with Crippen LogP contribution in [0.5, 0.6) is 6.01 Å². The third-order valence-corrected chi connectivity index (χ3v) is 2.29. The van der Waals surface area contributed by atoms with Crippen LogP contribution in [0.3, 0.4) is 0 Å². The number of rotatable bonds is 6. The van der Waals surface area contributed by atoms with Gasteiger partial charge in [0.25, 0.3) is 0 Å². The van der Waals surface area contributed by atoms with Crippen molar-refractivity contribution < 1.29 is 4.74 Å². The third kappa shape index (κ3) is 3.29. The Hall–Kier alpha value is -1.88. The highest BCUT2D eigenvalue weighted by molar-refractivity contribution is 5.29. The SMILES string of the molecule is CNCCCOc1ncn(-c2ccccc2)n1. The molecule has 1 heterocycles. The lowest BCUT2D eigenvalue weighted by molar-refractivity contribution is 0.286. The number of ether oxygens (including phenoxy) is 1. The Bertz CT molecular complexity index is 441. The minimum absolute atomic E-state index is 0.421. The molecule has 2 aromatic rings. The van der Waals surface area contributed by atoms with E-state index in [0.717, 1.165) is 18.7 Å². The molecule has 0 amide bonds. The van der Waals surface area contributed by atoms with Gasteiger partial charge in [0, 0.05) is 0 Å². The van der Waals surface area contributed by atoms with Crippen LogP contribution in [0, 0.1) is 0 Å². The molecule has 0 saturated carbocycles. The summed E-state index contributed by atoms with van der Waals surface area (Å²) in [5.74, 6) is 0. The van der Waals surface area contributed by atoms with Crippen LogP contribution in [0.25, 0.3) is 5.69 Å². The van der Waals surface area contributed by atoms with Gasteiger partial charge in [-0.2, -0.15) is 4.98 Å². The summed E-state index contributed by atoms with van der Waals surface area (Å²) in [7, 11) is 1.92. The van der Waals surface area contributed by atoms with Gasteiger partial charge < -0.3 is 10.1 Å². The van der Waals surface area contributed by atoms with Crippen LogP contribution in [-0.2, 0) is 0 Å². The second-order valence-corrected chi connectivity index (χ2v) is 3.61. The van der Waals surface area contributed by atoms with Crippen LogP contribution in [0.15, 0.2) is 36.7 Å². The molecular formula is C12H16N4O. The highest BCUT2D eigenvalue weighted by Gasteiger charge is 2.02. The van der Waals surface area contributed by atoms with E-state index < -0.39 is 0 Å². The molecule has 1 N–H and O–H groups in total. The zero-order chi connectivity index (χ0) is 11.9. The molecule has 0 atom stereocenters. The third-order valence-electron chi connectivity index (χ3n) is 2.29. The van der Waals surface area contributed by atoms with Crippen molar-refractivity contribution >= 4 is 0 Å². The van der Waals surface area contributed by atoms with E-state index in [4.69, 9.17) is 4.74 Å². The van der Waals surface area contributed by atoms with Crippen LogP contribution in [0.4, 0.5) is 0 Å². The normalized spacial score (nSPS) is 10.4. The average molecular weight is 232 g/mol. The fraction of sp³-hybridized carbons (Fsp3) is 0.333. The van der Waals surface area contributed by atoms with E-state index in [1.807, 2.05) is 37.4 Å². The van der Waals surface area contributed by atoms with Gasteiger partial charge in [-0.3, -0.25) is 0 Å². The monoisotopic (exact) mass is 232 g/mol. The van der Waals surface area contributed by atoms with E-state index >= 15 is 0 Å². The van der Waals surface area contributed by atoms with Gasteiger partial charge in [-0.1, -0.05) is 18.2 Å². The Labute approximate surface area is 100 Å². The van der Waals surface area contributed by atoms with E-state index in [0.29, 0.717) is 12.6 Å². The van der Waals surface area contributed by atoms with Crippen molar-refractivity contribution in [3.63, 3.8) is 0 Å². The molecular weight excluding hydrogens is 216 g/mol. The van der Waals surface area contributed by atoms with Gasteiger partial charge in [-0.25, -0.2) is 4.68 Å². The van der Waals surface area contributed by atoms with Gasteiger partial charge >= 0.3 is 6.01 Å². The van der Waals surface area contributed by atoms with Crippen molar-refractivity contribution in [1.29, 1.82) is 0 Å². The fourth-order valence-electron chi connectivity index (χ4n) is 1.43. The van der Waals surface area contributed by atoms with Crippen molar-refractivity contribution in [2.45, 2.75) is 6.42 Å². The largest absolute Gasteiger partial charge is 0.462 e. The topological polar surface area (TPSA) is 52.0 Å². The molecule has 0 radical (unpaired) electrons. The van der Waals surface area contributed by atoms with Crippen LogP contribution in [0.2, 0.25) is 0 Å². The molecule has 0 aliphatic heterocycles. The Kier molecular flexibility index (Phi) is 4.10. The second kappa shape index (κ2) is 6.00. The maximum atomic E-state index is 5.43. The lowest BCUT2D eigenvalue weighted by atomic mass is 10.3. The van der Waals surface area contributed by atoms with Gasteiger partial charge in [0.2, 0.25) is 0 Å². The van der Waals surface area contributed by atoms with E-state index in [1.54, 1.807) is 11.0 Å². The summed E-state index contributed by atoms with van der Waals surface area (Å²) < 4.78 is 7.13. The van der Waals surface area contributed by atoms with E-state index in [-0.39, 0.29) is 0 Å². The second-order valence-electron chi connectivity index (χ2n) is 3.61. The summed E-state index contributed by atoms with van der Waals surface area (Å²) in [5.41, 5.74) is 0.977. The predicted molar refractivity (Wildman–Crippen MR) is 65.4 cm³/mol. The first kappa shape index (κ1) is 11.6. The van der Waals surface area contributed by atoms with Crippen molar-refractivity contribution in [2.75, 3.05) is 20.2 Å². The van der Waals surface area contributed by atoms with Gasteiger partial charge in [-0.05, 0) is 32.1 Å². The summed E-state index contributed by atoms with van der Waals surface area (Å²) in [4.78, 5) is 4.10. The van der Waals surface area contributed by atoms with Crippen molar-refractivity contribution in [2.24, 2.45) is 0 Å². The molecule has 0 unspecified atom stereocenters. The molecule has 0 spiro atoms. The summed E-state index contributed by atoms with van der Waals surface area (Å²) in [5, 5.41) is 7.30. The molecule has 17 heavy (non-hydrogen) atoms. The molecule has 1 aromatic carbocycles. The lowest BCUT2D eigenvalue weighted by Gasteiger charge is -2.01. The molecule has 0 aliphatic rings. The standard InChI is InChI=1S/C12H16N4O/c1-13-8-5-9-17-12-14-10-16(15-12)11-6-3-2-4-7-11/h2-4,6-7,10,13H,5,8-9H2,1H3. The highest BCUT2D eigenvalue weighted by Crippen LogP contribution is 2.08. The lowest BCUT2D eigenvalue weighted by Crippen LogP contribution is -2.11. The molecule has 0 bridgehead atoms.